The fourth-order valence-corrected chi connectivity index (χ4v) is 4.17. The molecule has 4 aromatic carbocycles. The van der Waals surface area contributed by atoms with Crippen molar-refractivity contribution in [3.63, 3.8) is 0 Å². The summed E-state index contributed by atoms with van der Waals surface area (Å²) in [6.07, 6.45) is -4.52. The first-order valence-electron chi connectivity index (χ1n) is 10.3. The fraction of sp³-hybridized carbons (Fsp3) is 0.0370. The van der Waals surface area contributed by atoms with Gasteiger partial charge < -0.3 is 4.42 Å². The molecule has 0 aliphatic carbocycles. The second-order valence-corrected chi connectivity index (χ2v) is 7.74. The van der Waals surface area contributed by atoms with Crippen molar-refractivity contribution in [1.29, 1.82) is 0 Å². The summed E-state index contributed by atoms with van der Waals surface area (Å²) in [4.78, 5) is 0. The number of para-hydroxylation sites is 1. The van der Waals surface area contributed by atoms with Gasteiger partial charge in [-0.25, -0.2) is 0 Å². The van der Waals surface area contributed by atoms with Crippen molar-refractivity contribution in [2.24, 2.45) is 0 Å². The minimum atomic E-state index is -4.52. The Balaban J connectivity index is 0.00000241. The van der Waals surface area contributed by atoms with E-state index in [-0.39, 0.29) is 31.4 Å². The van der Waals surface area contributed by atoms with E-state index in [1.54, 1.807) is 6.07 Å². The van der Waals surface area contributed by atoms with Crippen LogP contribution in [0.2, 0.25) is 0 Å². The van der Waals surface area contributed by atoms with Crippen molar-refractivity contribution in [2.45, 2.75) is 6.18 Å². The van der Waals surface area contributed by atoms with Gasteiger partial charge in [0.15, 0.2) is 0 Å². The first-order chi connectivity index (χ1) is 16.0. The quantitative estimate of drug-likeness (QED) is 0.145. The van der Waals surface area contributed by atoms with Crippen LogP contribution in [0.4, 0.5) is 13.2 Å². The number of rotatable bonds is 2. The van der Waals surface area contributed by atoms with E-state index in [4.69, 9.17) is 4.42 Å². The predicted molar refractivity (Wildman–Crippen MR) is 122 cm³/mol. The number of alkyl halides is 3. The van der Waals surface area contributed by atoms with E-state index in [0.717, 1.165) is 22.2 Å². The molecule has 0 aliphatic rings. The first kappa shape index (κ1) is 22.3. The fourth-order valence-electron chi connectivity index (χ4n) is 4.17. The molecular formula is C27H14F3IrN2O-. The monoisotopic (exact) mass is 632 g/mol. The molecule has 2 aromatic heterocycles. The second kappa shape index (κ2) is 8.35. The molecule has 3 nitrogen and oxygen atoms in total. The molecule has 169 valence electrons. The van der Waals surface area contributed by atoms with E-state index in [1.165, 1.54) is 12.1 Å². The van der Waals surface area contributed by atoms with Crippen LogP contribution >= 0.6 is 0 Å². The summed E-state index contributed by atoms with van der Waals surface area (Å²) in [5, 5.41) is 12.4. The Morgan fingerprint density at radius 2 is 1.29 bits per heavy atom. The average Bonchev–Trinajstić information content (AvgIpc) is 3.25. The SMILES string of the molecule is FC(F)(F)c1ccccc1-c1nnc(-c2[c-]c3ccccc3o2)c2cc3ccccc3cc12.[Ir]. The number of benzene rings is 4. The maximum absolute atomic E-state index is 13.8. The third kappa shape index (κ3) is 3.67. The van der Waals surface area contributed by atoms with Gasteiger partial charge in [0.25, 0.3) is 0 Å². The largest absolute Gasteiger partial charge is 0.518 e. The van der Waals surface area contributed by atoms with Crippen LogP contribution in [0.15, 0.2) is 89.3 Å². The number of hydrogen-bond acceptors (Lipinski definition) is 3. The Hall–Kier alpha value is -3.54. The van der Waals surface area contributed by atoms with E-state index in [0.29, 0.717) is 27.8 Å². The maximum atomic E-state index is 13.8. The summed E-state index contributed by atoms with van der Waals surface area (Å²) >= 11 is 0. The summed E-state index contributed by atoms with van der Waals surface area (Å²) in [5.41, 5.74) is 0.480. The smallest absolute Gasteiger partial charge is 0.417 e. The van der Waals surface area contributed by atoms with Gasteiger partial charge in [-0.05, 0) is 28.3 Å². The van der Waals surface area contributed by atoms with Crippen LogP contribution in [0.1, 0.15) is 5.56 Å². The Morgan fingerprint density at radius 1 is 0.706 bits per heavy atom. The molecule has 6 rings (SSSR count). The summed E-state index contributed by atoms with van der Waals surface area (Å²) < 4.78 is 47.3. The van der Waals surface area contributed by atoms with Crippen LogP contribution in [0.3, 0.4) is 0 Å². The molecule has 1 radical (unpaired) electrons. The van der Waals surface area contributed by atoms with Gasteiger partial charge in [-0.15, -0.1) is 17.5 Å². The summed E-state index contributed by atoms with van der Waals surface area (Å²) in [5.74, 6) is 0.389. The van der Waals surface area contributed by atoms with Crippen LogP contribution in [0.5, 0.6) is 0 Å². The Bertz CT molecular complexity index is 1640. The third-order valence-electron chi connectivity index (χ3n) is 5.70. The Labute approximate surface area is 205 Å². The molecule has 0 saturated heterocycles. The molecule has 7 heteroatoms. The minimum absolute atomic E-state index is 0. The van der Waals surface area contributed by atoms with E-state index in [9.17, 15) is 13.2 Å². The molecule has 0 bridgehead atoms. The first-order valence-corrected chi connectivity index (χ1v) is 10.3. The van der Waals surface area contributed by atoms with E-state index < -0.39 is 11.7 Å². The van der Waals surface area contributed by atoms with Crippen LogP contribution in [-0.2, 0) is 26.3 Å². The molecule has 0 fully saturated rings. The zero-order valence-electron chi connectivity index (χ0n) is 17.4. The molecule has 34 heavy (non-hydrogen) atoms. The molecule has 0 saturated carbocycles. The molecule has 0 aliphatic heterocycles. The van der Waals surface area contributed by atoms with Crippen molar-refractivity contribution < 1.29 is 37.7 Å². The molecule has 6 aromatic rings. The molecule has 0 N–H and O–H groups in total. The number of furan rings is 1. The number of fused-ring (bicyclic) bond motifs is 3. The summed E-state index contributed by atoms with van der Waals surface area (Å²) in [7, 11) is 0. The van der Waals surface area contributed by atoms with Crippen LogP contribution in [0, 0.1) is 6.07 Å². The maximum Gasteiger partial charge on any atom is 0.417 e. The van der Waals surface area contributed by atoms with Crippen LogP contribution in [0.25, 0.3) is 55.2 Å². The van der Waals surface area contributed by atoms with Gasteiger partial charge in [-0.1, -0.05) is 66.7 Å². The Morgan fingerprint density at radius 3 is 2.00 bits per heavy atom. The Kier molecular flexibility index (Phi) is 5.47. The van der Waals surface area contributed by atoms with Crippen molar-refractivity contribution in [1.82, 2.24) is 10.2 Å². The zero-order valence-corrected chi connectivity index (χ0v) is 19.7. The predicted octanol–water partition coefficient (Wildman–Crippen LogP) is 7.68. The van der Waals surface area contributed by atoms with Crippen LogP contribution in [-0.4, -0.2) is 10.2 Å². The molecule has 0 amide bonds. The molecule has 0 spiro atoms. The zero-order chi connectivity index (χ0) is 22.6. The standard InChI is InChI=1S/C27H14F3N2O.Ir/c28-27(29,30)22-11-5-4-10-19(22)25-20-13-16-7-1-2-8-17(16)14-21(20)26(32-31-25)24-15-18-9-3-6-12-23(18)33-24;/h1-14H;/q-1;. The van der Waals surface area contributed by atoms with Gasteiger partial charge in [0, 0.05) is 36.6 Å². The number of nitrogens with zero attached hydrogens (tertiary/aromatic N) is 2. The summed E-state index contributed by atoms with van der Waals surface area (Å²) in [6.45, 7) is 0. The normalized spacial score (nSPS) is 11.7. The van der Waals surface area contributed by atoms with Gasteiger partial charge >= 0.3 is 6.18 Å². The van der Waals surface area contributed by atoms with E-state index in [2.05, 4.69) is 16.3 Å². The van der Waals surface area contributed by atoms with Crippen molar-refractivity contribution >= 4 is 32.5 Å². The van der Waals surface area contributed by atoms with Crippen molar-refractivity contribution in [3.8, 4) is 22.7 Å². The van der Waals surface area contributed by atoms with Gasteiger partial charge in [0.1, 0.15) is 0 Å². The van der Waals surface area contributed by atoms with E-state index >= 15 is 0 Å². The second-order valence-electron chi connectivity index (χ2n) is 7.74. The number of halogens is 3. The molecule has 0 atom stereocenters. The van der Waals surface area contributed by atoms with Crippen LogP contribution < -0.4 is 0 Å². The summed E-state index contributed by atoms with van der Waals surface area (Å²) in [6, 6.07) is 27.5. The van der Waals surface area contributed by atoms with Gasteiger partial charge in [-0.2, -0.15) is 23.4 Å². The number of hydrogen-bond donors (Lipinski definition) is 0. The minimum Gasteiger partial charge on any atom is -0.518 e. The molecular weight excluding hydrogens is 618 g/mol. The van der Waals surface area contributed by atoms with Gasteiger partial charge in [0.05, 0.1) is 22.7 Å². The van der Waals surface area contributed by atoms with Crippen molar-refractivity contribution in [2.75, 3.05) is 0 Å². The molecule has 2 heterocycles. The molecule has 0 unspecified atom stereocenters. The topological polar surface area (TPSA) is 38.9 Å². The van der Waals surface area contributed by atoms with E-state index in [1.807, 2.05) is 60.7 Å². The van der Waals surface area contributed by atoms with Gasteiger partial charge in [-0.3, -0.25) is 0 Å². The van der Waals surface area contributed by atoms with Crippen molar-refractivity contribution in [3.05, 3.63) is 96.6 Å². The average molecular weight is 632 g/mol. The third-order valence-corrected chi connectivity index (χ3v) is 5.70. The number of aromatic nitrogens is 2. The van der Waals surface area contributed by atoms with Gasteiger partial charge in [0.2, 0.25) is 0 Å².